The van der Waals surface area contributed by atoms with E-state index in [0.29, 0.717) is 0 Å². The van der Waals surface area contributed by atoms with E-state index in [0.717, 1.165) is 28.7 Å². The zero-order valence-electron chi connectivity index (χ0n) is 23.8. The first-order valence-corrected chi connectivity index (χ1v) is 13.9. The number of para-hydroxylation sites is 3. The average molecular weight is 735 g/mol. The average Bonchev–Trinajstić information content (AvgIpc) is 3.33. The molecule has 6 heteroatoms. The van der Waals surface area contributed by atoms with Crippen LogP contribution < -0.4 is 14.7 Å². The fourth-order valence-electron chi connectivity index (χ4n) is 5.63. The van der Waals surface area contributed by atoms with E-state index < -0.39 is 0 Å². The van der Waals surface area contributed by atoms with Gasteiger partial charge in [-0.1, -0.05) is 59.8 Å². The smallest absolute Gasteiger partial charge is 0.502 e. The SMILES string of the molecule is CN1[CH-]N(c2[c-]cccc2)c2ncccc21.Cc1cccc2c1N(c1ccccn1)c1[c-]cccc1-c1ccccc1-2.[Ir+3]. The summed E-state index contributed by atoms with van der Waals surface area (Å²) in [6, 6.07) is 45.9. The van der Waals surface area contributed by atoms with E-state index in [1.807, 2.05) is 79.5 Å². The van der Waals surface area contributed by atoms with Gasteiger partial charge >= 0.3 is 20.1 Å². The molecule has 0 amide bonds. The van der Waals surface area contributed by atoms with Crippen molar-refractivity contribution in [2.24, 2.45) is 0 Å². The summed E-state index contributed by atoms with van der Waals surface area (Å²) < 4.78 is 0. The quantitative estimate of drug-likeness (QED) is 0.166. The number of benzene rings is 4. The van der Waals surface area contributed by atoms with Gasteiger partial charge in [-0.2, -0.15) is 61.3 Å². The van der Waals surface area contributed by atoms with Crippen molar-refractivity contribution >= 4 is 34.4 Å². The molecule has 0 radical (unpaired) electrons. The molecule has 2 aliphatic heterocycles. The maximum Gasteiger partial charge on any atom is 3.00 e. The molecular formula is C37H28IrN5. The molecule has 2 aliphatic rings. The summed E-state index contributed by atoms with van der Waals surface area (Å²) in [6.07, 6.45) is 3.65. The molecule has 6 aromatic rings. The summed E-state index contributed by atoms with van der Waals surface area (Å²) in [5, 5.41) is 0. The van der Waals surface area contributed by atoms with Gasteiger partial charge < -0.3 is 14.7 Å². The molecule has 0 saturated heterocycles. The van der Waals surface area contributed by atoms with Crippen molar-refractivity contribution in [3.8, 4) is 22.3 Å². The normalized spacial score (nSPS) is 12.5. The Balaban J connectivity index is 0.000000167. The molecule has 0 bridgehead atoms. The molecule has 0 saturated carbocycles. The second-order valence-corrected chi connectivity index (χ2v) is 10.2. The van der Waals surface area contributed by atoms with Crippen molar-refractivity contribution in [3.05, 3.63) is 152 Å². The third kappa shape index (κ3) is 5.20. The topological polar surface area (TPSA) is 35.5 Å². The number of hydrogen-bond acceptors (Lipinski definition) is 5. The van der Waals surface area contributed by atoms with Gasteiger partial charge in [0.05, 0.1) is 5.69 Å². The fourth-order valence-corrected chi connectivity index (χ4v) is 5.63. The van der Waals surface area contributed by atoms with Crippen LogP contribution in [-0.2, 0) is 20.1 Å². The molecule has 4 aromatic carbocycles. The Labute approximate surface area is 266 Å². The first-order valence-electron chi connectivity index (χ1n) is 13.9. The molecule has 0 atom stereocenters. The molecule has 210 valence electrons. The molecule has 43 heavy (non-hydrogen) atoms. The summed E-state index contributed by atoms with van der Waals surface area (Å²) in [5.41, 5.74) is 10.4. The van der Waals surface area contributed by atoms with Crippen molar-refractivity contribution in [1.82, 2.24) is 9.97 Å². The van der Waals surface area contributed by atoms with E-state index in [1.54, 1.807) is 0 Å². The molecule has 0 aliphatic carbocycles. The summed E-state index contributed by atoms with van der Waals surface area (Å²) in [5.74, 6) is 1.85. The first kappa shape index (κ1) is 28.4. The molecule has 4 heterocycles. The largest absolute Gasteiger partial charge is 3.00 e. The molecule has 5 nitrogen and oxygen atoms in total. The Kier molecular flexibility index (Phi) is 8.06. The maximum absolute atomic E-state index is 4.65. The molecule has 8 rings (SSSR count). The minimum absolute atomic E-state index is 0. The van der Waals surface area contributed by atoms with Gasteiger partial charge in [-0.25, -0.2) is 9.97 Å². The molecule has 0 N–H and O–H groups in total. The van der Waals surface area contributed by atoms with Crippen LogP contribution in [0.15, 0.2) is 128 Å². The van der Waals surface area contributed by atoms with Gasteiger partial charge in [0.1, 0.15) is 11.6 Å². The first-order chi connectivity index (χ1) is 20.7. The fraction of sp³-hybridized carbons (Fsp3) is 0.0541. The zero-order valence-corrected chi connectivity index (χ0v) is 26.2. The van der Waals surface area contributed by atoms with Crippen LogP contribution >= 0.6 is 0 Å². The molecule has 0 unspecified atom stereocenters. The Hall–Kier alpha value is -4.77. The van der Waals surface area contributed by atoms with E-state index in [4.69, 9.17) is 0 Å². The summed E-state index contributed by atoms with van der Waals surface area (Å²) in [7, 11) is 2.02. The van der Waals surface area contributed by atoms with E-state index >= 15 is 0 Å². The maximum atomic E-state index is 4.65. The third-order valence-electron chi connectivity index (χ3n) is 7.52. The summed E-state index contributed by atoms with van der Waals surface area (Å²) in [6.45, 7) is 4.18. The van der Waals surface area contributed by atoms with Crippen molar-refractivity contribution in [3.63, 3.8) is 0 Å². The van der Waals surface area contributed by atoms with E-state index in [1.165, 1.54) is 33.5 Å². The van der Waals surface area contributed by atoms with Crippen LogP contribution in [0.4, 0.5) is 34.4 Å². The van der Waals surface area contributed by atoms with Gasteiger partial charge in [-0.15, -0.1) is 11.3 Å². The minimum atomic E-state index is 0. The standard InChI is InChI=1S/C24H17N2.C13H11N3.Ir/c1-17-9-8-13-21-19-11-3-2-10-18(19)20-12-4-5-14-22(20)26(24(17)21)23-15-6-7-16-25-23;1-15-10-16(11-6-3-2-4-7-11)13-12(15)8-5-9-14-13;/h2-13,15-16H,1H3;2-6,8-10H,1H3;/q-1;-2;+3. The number of aryl methyl sites for hydroxylation is 1. The van der Waals surface area contributed by atoms with Gasteiger partial charge in [-0.3, -0.25) is 0 Å². The van der Waals surface area contributed by atoms with Gasteiger partial charge in [0.2, 0.25) is 0 Å². The molecule has 0 spiro atoms. The number of nitrogens with zero attached hydrogens (tertiary/aromatic N) is 5. The van der Waals surface area contributed by atoms with Gasteiger partial charge in [0, 0.05) is 23.6 Å². The van der Waals surface area contributed by atoms with Gasteiger partial charge in [-0.05, 0) is 49.4 Å². The number of rotatable bonds is 2. The Morgan fingerprint density at radius 3 is 2.16 bits per heavy atom. The summed E-state index contributed by atoms with van der Waals surface area (Å²) in [4.78, 5) is 15.4. The molecule has 0 fully saturated rings. The van der Waals surface area contributed by atoms with Gasteiger partial charge in [0.25, 0.3) is 0 Å². The van der Waals surface area contributed by atoms with Crippen LogP contribution in [0.2, 0.25) is 0 Å². The van der Waals surface area contributed by atoms with Crippen LogP contribution in [0.25, 0.3) is 22.3 Å². The van der Waals surface area contributed by atoms with Crippen molar-refractivity contribution in [1.29, 1.82) is 0 Å². The molecular weight excluding hydrogens is 707 g/mol. The predicted molar refractivity (Wildman–Crippen MR) is 171 cm³/mol. The Bertz CT molecular complexity index is 1860. The van der Waals surface area contributed by atoms with E-state index in [2.05, 4.69) is 106 Å². The number of pyridine rings is 2. The van der Waals surface area contributed by atoms with Crippen LogP contribution in [0.1, 0.15) is 5.56 Å². The van der Waals surface area contributed by atoms with Crippen molar-refractivity contribution in [2.75, 3.05) is 21.7 Å². The van der Waals surface area contributed by atoms with Crippen molar-refractivity contribution in [2.45, 2.75) is 6.92 Å². The molecule has 2 aromatic heterocycles. The number of fused-ring (bicyclic) bond motifs is 6. The van der Waals surface area contributed by atoms with E-state index in [-0.39, 0.29) is 20.1 Å². The minimum Gasteiger partial charge on any atom is -0.502 e. The van der Waals surface area contributed by atoms with Gasteiger partial charge in [0.15, 0.2) is 0 Å². The zero-order chi connectivity index (χ0) is 28.5. The van der Waals surface area contributed by atoms with Crippen LogP contribution in [0.3, 0.4) is 0 Å². The van der Waals surface area contributed by atoms with Crippen molar-refractivity contribution < 1.29 is 20.1 Å². The second-order valence-electron chi connectivity index (χ2n) is 10.2. The number of aromatic nitrogens is 2. The Morgan fingerprint density at radius 1 is 0.651 bits per heavy atom. The Morgan fingerprint density at radius 2 is 1.37 bits per heavy atom. The third-order valence-corrected chi connectivity index (χ3v) is 7.52. The number of anilines is 6. The second kappa shape index (κ2) is 12.2. The summed E-state index contributed by atoms with van der Waals surface area (Å²) >= 11 is 0. The number of hydrogen-bond donors (Lipinski definition) is 0. The van der Waals surface area contributed by atoms with Crippen LogP contribution in [0, 0.1) is 25.7 Å². The van der Waals surface area contributed by atoms with Crippen LogP contribution in [-0.4, -0.2) is 17.0 Å². The van der Waals surface area contributed by atoms with Crippen LogP contribution in [0.5, 0.6) is 0 Å². The monoisotopic (exact) mass is 735 g/mol. The van der Waals surface area contributed by atoms with E-state index in [9.17, 15) is 0 Å². The predicted octanol–water partition coefficient (Wildman–Crippen LogP) is 8.89.